The molecule has 0 saturated carbocycles. The Balaban J connectivity index is 1.50. The number of rotatable bonds is 10. The van der Waals surface area contributed by atoms with Crippen LogP contribution in [0.2, 0.25) is 0 Å². The van der Waals surface area contributed by atoms with Crippen molar-refractivity contribution >= 4 is 29.4 Å². The second-order valence-corrected chi connectivity index (χ2v) is 9.10. The second kappa shape index (κ2) is 12.3. The quantitative estimate of drug-likeness (QED) is 0.272. The van der Waals surface area contributed by atoms with Crippen LogP contribution in [0.4, 0.5) is 5.69 Å². The van der Waals surface area contributed by atoms with Crippen LogP contribution in [0.3, 0.4) is 0 Å². The zero-order valence-electron chi connectivity index (χ0n) is 21.1. The highest BCUT2D eigenvalue weighted by molar-refractivity contribution is 6.23. The van der Waals surface area contributed by atoms with E-state index in [1.807, 2.05) is 18.2 Å². The number of allylic oxidation sites excluding steroid dienone is 1. The molecule has 0 bridgehead atoms. The third kappa shape index (κ3) is 6.44. The van der Waals surface area contributed by atoms with Gasteiger partial charge in [-0.2, -0.15) is 0 Å². The molecule has 194 valence electrons. The number of amides is 3. The first-order valence-corrected chi connectivity index (χ1v) is 12.8. The molecule has 3 amide bonds. The monoisotopic (exact) mass is 504 g/mol. The minimum absolute atomic E-state index is 0.103. The molecule has 1 unspecified atom stereocenters. The fraction of sp³-hybridized carbons (Fsp3) is 0.379. The summed E-state index contributed by atoms with van der Waals surface area (Å²) >= 11 is 0. The van der Waals surface area contributed by atoms with Crippen LogP contribution in [-0.2, 0) is 19.1 Å². The summed E-state index contributed by atoms with van der Waals surface area (Å²) in [5.74, 6) is -1.11. The van der Waals surface area contributed by atoms with E-state index in [4.69, 9.17) is 9.47 Å². The van der Waals surface area contributed by atoms with E-state index in [2.05, 4.69) is 6.08 Å². The number of para-hydroxylation sites is 1. The maximum atomic E-state index is 13.5. The van der Waals surface area contributed by atoms with Gasteiger partial charge in [0.2, 0.25) is 5.91 Å². The zero-order chi connectivity index (χ0) is 26.2. The van der Waals surface area contributed by atoms with Gasteiger partial charge in [0.1, 0.15) is 11.8 Å². The summed E-state index contributed by atoms with van der Waals surface area (Å²) in [4.78, 5) is 54.3. The standard InChI is InChI=1S/C29H32N2O6/c1-2-36-29(35)22-13-15-23(16-14-22)31-26(32)19-25(28(31)34)30(18-17-21-9-5-3-6-10-21)27(33)20-37-24-11-7-4-8-12-24/h4,7-9,11-16,25H,2-3,5-6,10,17-20H2,1H3. The molecule has 1 atom stereocenters. The molecule has 0 spiro atoms. The average Bonchev–Trinajstić information content (AvgIpc) is 3.22. The number of anilines is 1. The minimum Gasteiger partial charge on any atom is -0.484 e. The highest BCUT2D eigenvalue weighted by Gasteiger charge is 2.44. The smallest absolute Gasteiger partial charge is 0.338 e. The maximum absolute atomic E-state index is 13.5. The topological polar surface area (TPSA) is 93.2 Å². The van der Waals surface area contributed by atoms with Gasteiger partial charge in [0.15, 0.2) is 6.61 Å². The average molecular weight is 505 g/mol. The van der Waals surface area contributed by atoms with E-state index in [9.17, 15) is 19.2 Å². The van der Waals surface area contributed by atoms with Gasteiger partial charge in [-0.25, -0.2) is 9.69 Å². The van der Waals surface area contributed by atoms with Crippen molar-refractivity contribution in [3.05, 3.63) is 71.8 Å². The van der Waals surface area contributed by atoms with Gasteiger partial charge in [-0.1, -0.05) is 29.8 Å². The van der Waals surface area contributed by atoms with Crippen molar-refractivity contribution in [3.63, 3.8) is 0 Å². The second-order valence-electron chi connectivity index (χ2n) is 9.10. The lowest BCUT2D eigenvalue weighted by Crippen LogP contribution is -2.47. The first-order chi connectivity index (χ1) is 18.0. The van der Waals surface area contributed by atoms with Gasteiger partial charge in [-0.15, -0.1) is 0 Å². The number of carbonyl (C=O) groups excluding carboxylic acids is 4. The van der Waals surface area contributed by atoms with Gasteiger partial charge in [0.05, 0.1) is 24.3 Å². The summed E-state index contributed by atoms with van der Waals surface area (Å²) in [6.07, 6.45) is 7.06. The Hall–Kier alpha value is -3.94. The molecule has 1 heterocycles. The van der Waals surface area contributed by atoms with Crippen molar-refractivity contribution in [1.29, 1.82) is 0 Å². The molecular weight excluding hydrogens is 472 g/mol. The van der Waals surface area contributed by atoms with E-state index in [0.717, 1.165) is 30.6 Å². The van der Waals surface area contributed by atoms with E-state index < -0.39 is 23.8 Å². The van der Waals surface area contributed by atoms with Gasteiger partial charge in [0.25, 0.3) is 11.8 Å². The SMILES string of the molecule is CCOC(=O)c1ccc(N2C(=O)CC(N(CCC3=CCCCC3)C(=O)COc3ccccc3)C2=O)cc1. The van der Waals surface area contributed by atoms with Crippen LogP contribution in [-0.4, -0.2) is 54.4 Å². The van der Waals surface area contributed by atoms with Crippen LogP contribution in [0, 0.1) is 0 Å². The van der Waals surface area contributed by atoms with Crippen LogP contribution in [0.25, 0.3) is 0 Å². The van der Waals surface area contributed by atoms with Gasteiger partial charge in [-0.3, -0.25) is 14.4 Å². The number of esters is 1. The third-order valence-corrected chi connectivity index (χ3v) is 6.62. The van der Waals surface area contributed by atoms with Gasteiger partial charge < -0.3 is 14.4 Å². The van der Waals surface area contributed by atoms with Crippen molar-refractivity contribution in [1.82, 2.24) is 4.90 Å². The summed E-state index contributed by atoms with van der Waals surface area (Å²) in [7, 11) is 0. The van der Waals surface area contributed by atoms with Crippen molar-refractivity contribution in [2.75, 3.05) is 24.7 Å². The largest absolute Gasteiger partial charge is 0.484 e. The van der Waals surface area contributed by atoms with Crippen LogP contribution in [0.15, 0.2) is 66.2 Å². The number of hydrogen-bond donors (Lipinski definition) is 0. The van der Waals surface area contributed by atoms with Gasteiger partial charge >= 0.3 is 5.97 Å². The van der Waals surface area contributed by atoms with Gasteiger partial charge in [-0.05, 0) is 75.4 Å². The first-order valence-electron chi connectivity index (χ1n) is 12.8. The van der Waals surface area contributed by atoms with Crippen molar-refractivity contribution in [2.45, 2.75) is 51.5 Å². The number of nitrogens with zero attached hydrogens (tertiary/aromatic N) is 2. The third-order valence-electron chi connectivity index (χ3n) is 6.62. The van der Waals surface area contributed by atoms with Crippen molar-refractivity contribution in [2.24, 2.45) is 0 Å². The molecule has 4 rings (SSSR count). The Morgan fingerprint density at radius 2 is 1.78 bits per heavy atom. The number of imide groups is 1. The number of hydrogen-bond acceptors (Lipinski definition) is 6. The summed E-state index contributed by atoms with van der Waals surface area (Å²) < 4.78 is 10.7. The molecule has 0 aromatic heterocycles. The van der Waals surface area contributed by atoms with Crippen molar-refractivity contribution in [3.8, 4) is 5.75 Å². The predicted octanol–water partition coefficient (Wildman–Crippen LogP) is 4.29. The Morgan fingerprint density at radius 1 is 1.03 bits per heavy atom. The molecule has 1 aliphatic heterocycles. The van der Waals surface area contributed by atoms with Gasteiger partial charge in [0, 0.05) is 6.54 Å². The Labute approximate surface area is 216 Å². The summed E-state index contributed by atoms with van der Waals surface area (Å²) in [6.45, 7) is 2.08. The molecule has 0 radical (unpaired) electrons. The highest BCUT2D eigenvalue weighted by Crippen LogP contribution is 2.28. The number of ether oxygens (including phenoxy) is 2. The lowest BCUT2D eigenvalue weighted by atomic mass is 9.97. The van der Waals surface area contributed by atoms with Crippen LogP contribution < -0.4 is 9.64 Å². The summed E-state index contributed by atoms with van der Waals surface area (Å²) in [6, 6.07) is 14.2. The lowest BCUT2D eigenvalue weighted by Gasteiger charge is -2.28. The molecule has 8 heteroatoms. The molecular formula is C29H32N2O6. The molecule has 8 nitrogen and oxygen atoms in total. The molecule has 1 saturated heterocycles. The molecule has 37 heavy (non-hydrogen) atoms. The first kappa shape index (κ1) is 26.1. The number of carbonyl (C=O) groups is 4. The Morgan fingerprint density at radius 3 is 2.46 bits per heavy atom. The Kier molecular flexibility index (Phi) is 8.72. The fourth-order valence-electron chi connectivity index (χ4n) is 4.69. The maximum Gasteiger partial charge on any atom is 0.338 e. The van der Waals surface area contributed by atoms with Crippen LogP contribution in [0.5, 0.6) is 5.75 Å². The molecule has 2 aromatic carbocycles. The zero-order valence-corrected chi connectivity index (χ0v) is 21.1. The lowest BCUT2D eigenvalue weighted by molar-refractivity contribution is -0.140. The van der Waals surface area contributed by atoms with E-state index in [1.165, 1.54) is 22.6 Å². The minimum atomic E-state index is -0.909. The Bertz CT molecular complexity index is 1160. The summed E-state index contributed by atoms with van der Waals surface area (Å²) in [5, 5.41) is 0. The summed E-state index contributed by atoms with van der Waals surface area (Å²) in [5.41, 5.74) is 1.96. The van der Waals surface area contributed by atoms with E-state index >= 15 is 0 Å². The van der Waals surface area contributed by atoms with Crippen LogP contribution >= 0.6 is 0 Å². The molecule has 2 aromatic rings. The van der Waals surface area contributed by atoms with Crippen molar-refractivity contribution < 1.29 is 28.7 Å². The number of benzene rings is 2. The normalized spacial score (nSPS) is 17.4. The predicted molar refractivity (Wildman–Crippen MR) is 138 cm³/mol. The molecule has 2 aliphatic rings. The van der Waals surface area contributed by atoms with E-state index in [0.29, 0.717) is 30.0 Å². The van der Waals surface area contributed by atoms with E-state index in [1.54, 1.807) is 31.2 Å². The fourth-order valence-corrected chi connectivity index (χ4v) is 4.69. The van der Waals surface area contributed by atoms with E-state index in [-0.39, 0.29) is 25.5 Å². The highest BCUT2D eigenvalue weighted by atomic mass is 16.5. The van der Waals surface area contributed by atoms with Crippen LogP contribution in [0.1, 0.15) is 55.8 Å². The molecule has 1 fully saturated rings. The molecule has 1 aliphatic carbocycles. The molecule has 0 N–H and O–H groups in total.